The van der Waals surface area contributed by atoms with Gasteiger partial charge in [0.25, 0.3) is 0 Å². The lowest BCUT2D eigenvalue weighted by molar-refractivity contribution is 0.343. The van der Waals surface area contributed by atoms with Crippen LogP contribution >= 0.6 is 0 Å². The number of aliphatic hydroxyl groups is 1. The average Bonchev–Trinajstić information content (AvgIpc) is 2.74. The first-order valence-electron chi connectivity index (χ1n) is 5.17. The highest BCUT2D eigenvalue weighted by molar-refractivity contribution is 5.62. The largest absolute Gasteiger partial charge is 0.392 e. The fourth-order valence-electron chi connectivity index (χ4n) is 1.61. The summed E-state index contributed by atoms with van der Waals surface area (Å²) in [6.07, 6.45) is 5.40. The van der Waals surface area contributed by atoms with E-state index in [0.29, 0.717) is 0 Å². The van der Waals surface area contributed by atoms with Crippen molar-refractivity contribution in [3.05, 3.63) is 48.2 Å². The Kier molecular flexibility index (Phi) is 3.17. The van der Waals surface area contributed by atoms with Crippen molar-refractivity contribution in [1.29, 1.82) is 0 Å². The van der Waals surface area contributed by atoms with E-state index in [9.17, 15) is 0 Å². The van der Waals surface area contributed by atoms with E-state index in [1.165, 1.54) is 0 Å². The minimum atomic E-state index is 0.0729. The molecule has 0 fully saturated rings. The summed E-state index contributed by atoms with van der Waals surface area (Å²) in [5, 5.41) is 12.8. The molecule has 0 amide bonds. The topological polar surface area (TPSA) is 38.0 Å². The molecule has 2 rings (SSSR count). The van der Waals surface area contributed by atoms with Crippen molar-refractivity contribution in [2.24, 2.45) is 7.05 Å². The van der Waals surface area contributed by atoms with Gasteiger partial charge in [-0.05, 0) is 17.2 Å². The fraction of sp³-hybridized carbons (Fsp3) is 0.154. The Morgan fingerprint density at radius 1 is 1.25 bits per heavy atom. The van der Waals surface area contributed by atoms with Gasteiger partial charge in [-0.3, -0.25) is 4.68 Å². The molecule has 0 aliphatic carbocycles. The number of aryl methyl sites for hydroxylation is 1. The van der Waals surface area contributed by atoms with Crippen LogP contribution in [-0.2, 0) is 7.05 Å². The molecule has 0 atom stereocenters. The molecule has 0 unspecified atom stereocenters. The standard InChI is InChI=1S/C13H14N2O/c1-15-13(8-9-14-15)12-6-4-11(5-7-12)3-2-10-16/h2-9,16H,10H2,1H3. The lowest BCUT2D eigenvalue weighted by Gasteiger charge is -2.02. The summed E-state index contributed by atoms with van der Waals surface area (Å²) in [6.45, 7) is 0.0729. The third-order valence-electron chi connectivity index (χ3n) is 2.44. The minimum absolute atomic E-state index is 0.0729. The lowest BCUT2D eigenvalue weighted by Crippen LogP contribution is -1.92. The van der Waals surface area contributed by atoms with E-state index in [1.807, 2.05) is 48.1 Å². The van der Waals surface area contributed by atoms with Gasteiger partial charge in [-0.2, -0.15) is 5.10 Å². The SMILES string of the molecule is Cn1nccc1-c1ccc(C=CCO)cc1. The van der Waals surface area contributed by atoms with Gasteiger partial charge in [0.15, 0.2) is 0 Å². The van der Waals surface area contributed by atoms with E-state index in [1.54, 1.807) is 12.3 Å². The first kappa shape index (κ1) is 10.6. The smallest absolute Gasteiger partial charge is 0.0678 e. The monoisotopic (exact) mass is 214 g/mol. The van der Waals surface area contributed by atoms with Gasteiger partial charge in [0.05, 0.1) is 12.3 Å². The van der Waals surface area contributed by atoms with Crippen molar-refractivity contribution in [2.45, 2.75) is 0 Å². The van der Waals surface area contributed by atoms with Gasteiger partial charge in [-0.25, -0.2) is 0 Å². The second-order valence-electron chi connectivity index (χ2n) is 3.55. The molecule has 82 valence electrons. The number of hydrogen-bond donors (Lipinski definition) is 1. The normalized spacial score (nSPS) is 11.1. The molecule has 3 heteroatoms. The molecule has 1 aromatic carbocycles. The zero-order valence-electron chi connectivity index (χ0n) is 9.17. The predicted molar refractivity (Wildman–Crippen MR) is 64.8 cm³/mol. The minimum Gasteiger partial charge on any atom is -0.392 e. The molecule has 0 spiro atoms. The van der Waals surface area contributed by atoms with E-state index in [-0.39, 0.29) is 6.61 Å². The van der Waals surface area contributed by atoms with E-state index in [2.05, 4.69) is 5.10 Å². The van der Waals surface area contributed by atoms with Crippen LogP contribution in [0.3, 0.4) is 0 Å². The molecule has 1 N–H and O–H groups in total. The van der Waals surface area contributed by atoms with Crippen LogP contribution in [-0.4, -0.2) is 21.5 Å². The lowest BCUT2D eigenvalue weighted by atomic mass is 10.1. The Hall–Kier alpha value is -1.87. The van der Waals surface area contributed by atoms with Gasteiger partial charge in [0.1, 0.15) is 0 Å². The summed E-state index contributed by atoms with van der Waals surface area (Å²) in [4.78, 5) is 0. The van der Waals surface area contributed by atoms with Crippen LogP contribution in [0.25, 0.3) is 17.3 Å². The first-order valence-corrected chi connectivity index (χ1v) is 5.17. The van der Waals surface area contributed by atoms with E-state index in [0.717, 1.165) is 16.8 Å². The Labute approximate surface area is 94.7 Å². The maximum absolute atomic E-state index is 8.67. The van der Waals surface area contributed by atoms with Crippen LogP contribution in [0.15, 0.2) is 42.6 Å². The van der Waals surface area contributed by atoms with Gasteiger partial charge in [0, 0.05) is 13.2 Å². The van der Waals surface area contributed by atoms with Crippen molar-refractivity contribution in [2.75, 3.05) is 6.61 Å². The zero-order chi connectivity index (χ0) is 11.4. The van der Waals surface area contributed by atoms with Crippen molar-refractivity contribution < 1.29 is 5.11 Å². The zero-order valence-corrected chi connectivity index (χ0v) is 9.17. The molecule has 0 radical (unpaired) electrons. The molecule has 0 aliphatic heterocycles. The van der Waals surface area contributed by atoms with Crippen LogP contribution in [0.1, 0.15) is 5.56 Å². The molecule has 1 aromatic heterocycles. The first-order chi connectivity index (χ1) is 7.81. The van der Waals surface area contributed by atoms with Crippen molar-refractivity contribution >= 4 is 6.08 Å². The van der Waals surface area contributed by atoms with Gasteiger partial charge in [-0.1, -0.05) is 36.4 Å². The maximum Gasteiger partial charge on any atom is 0.0678 e. The van der Waals surface area contributed by atoms with Gasteiger partial charge in [-0.15, -0.1) is 0 Å². The summed E-state index contributed by atoms with van der Waals surface area (Å²) in [6, 6.07) is 10.1. The number of aromatic nitrogens is 2. The third kappa shape index (κ3) is 2.20. The highest BCUT2D eigenvalue weighted by atomic mass is 16.2. The second kappa shape index (κ2) is 4.77. The van der Waals surface area contributed by atoms with E-state index >= 15 is 0 Å². The molecule has 0 saturated carbocycles. The second-order valence-corrected chi connectivity index (χ2v) is 3.55. The number of rotatable bonds is 3. The number of benzene rings is 1. The van der Waals surface area contributed by atoms with Crippen molar-refractivity contribution in [3.8, 4) is 11.3 Å². The van der Waals surface area contributed by atoms with E-state index < -0.39 is 0 Å². The van der Waals surface area contributed by atoms with Crippen LogP contribution in [0, 0.1) is 0 Å². The van der Waals surface area contributed by atoms with Crippen LogP contribution in [0.2, 0.25) is 0 Å². The number of nitrogens with zero attached hydrogens (tertiary/aromatic N) is 2. The molecule has 3 nitrogen and oxygen atoms in total. The Bertz CT molecular complexity index is 483. The molecule has 16 heavy (non-hydrogen) atoms. The molecule has 2 aromatic rings. The van der Waals surface area contributed by atoms with Crippen LogP contribution in [0.5, 0.6) is 0 Å². The Morgan fingerprint density at radius 2 is 2.00 bits per heavy atom. The highest BCUT2D eigenvalue weighted by Gasteiger charge is 2.00. The molecule has 1 heterocycles. The molecule has 0 aliphatic rings. The summed E-state index contributed by atoms with van der Waals surface area (Å²) < 4.78 is 1.85. The summed E-state index contributed by atoms with van der Waals surface area (Å²) >= 11 is 0. The average molecular weight is 214 g/mol. The number of hydrogen-bond acceptors (Lipinski definition) is 2. The maximum atomic E-state index is 8.67. The predicted octanol–water partition coefficient (Wildman–Crippen LogP) is 2.09. The van der Waals surface area contributed by atoms with Gasteiger partial charge in [0.2, 0.25) is 0 Å². The van der Waals surface area contributed by atoms with Crippen LogP contribution < -0.4 is 0 Å². The molecular formula is C13H14N2O. The Balaban J connectivity index is 2.26. The molecular weight excluding hydrogens is 200 g/mol. The highest BCUT2D eigenvalue weighted by Crippen LogP contribution is 2.18. The third-order valence-corrected chi connectivity index (χ3v) is 2.44. The van der Waals surface area contributed by atoms with Crippen LogP contribution in [0.4, 0.5) is 0 Å². The van der Waals surface area contributed by atoms with E-state index in [4.69, 9.17) is 5.11 Å². The van der Waals surface area contributed by atoms with Crippen molar-refractivity contribution in [3.63, 3.8) is 0 Å². The Morgan fingerprint density at radius 3 is 2.56 bits per heavy atom. The van der Waals surface area contributed by atoms with Gasteiger partial charge >= 0.3 is 0 Å². The molecule has 0 saturated heterocycles. The van der Waals surface area contributed by atoms with Crippen molar-refractivity contribution in [1.82, 2.24) is 9.78 Å². The summed E-state index contributed by atoms with van der Waals surface area (Å²) in [7, 11) is 1.93. The molecule has 0 bridgehead atoms. The van der Waals surface area contributed by atoms with Gasteiger partial charge < -0.3 is 5.11 Å². The summed E-state index contributed by atoms with van der Waals surface area (Å²) in [5.41, 5.74) is 3.32. The quantitative estimate of drug-likeness (QED) is 0.849. The summed E-state index contributed by atoms with van der Waals surface area (Å²) in [5.74, 6) is 0. The number of aliphatic hydroxyl groups excluding tert-OH is 1. The fourth-order valence-corrected chi connectivity index (χ4v) is 1.61.